The van der Waals surface area contributed by atoms with E-state index in [0.717, 1.165) is 29.3 Å². The molecular formula is C21H23N3O3S. The van der Waals surface area contributed by atoms with Gasteiger partial charge in [-0.2, -0.15) is 0 Å². The van der Waals surface area contributed by atoms with Crippen LogP contribution in [0.1, 0.15) is 40.7 Å². The molecule has 2 aromatic rings. The molecule has 0 spiro atoms. The molecule has 0 bridgehead atoms. The molecule has 4 atom stereocenters. The number of carbonyl (C=O) groups excluding carboxylic acids is 1. The van der Waals surface area contributed by atoms with Crippen molar-refractivity contribution in [3.63, 3.8) is 0 Å². The van der Waals surface area contributed by atoms with Crippen LogP contribution in [-0.2, 0) is 21.5 Å². The van der Waals surface area contributed by atoms with Crippen LogP contribution in [0.3, 0.4) is 0 Å². The van der Waals surface area contributed by atoms with Crippen molar-refractivity contribution in [3.05, 3.63) is 58.1 Å². The number of nitrogens with two attached hydrogens (primary N) is 3. The van der Waals surface area contributed by atoms with E-state index < -0.39 is 28.7 Å². The third kappa shape index (κ3) is 2.36. The van der Waals surface area contributed by atoms with Gasteiger partial charge in [0, 0.05) is 16.5 Å². The fraction of sp³-hybridized carbons (Fsp3) is 0.333. The fourth-order valence-electron chi connectivity index (χ4n) is 4.57. The number of Topliss-reactive ketones (excluding diaryl/α,β-unsaturated/α-hetero) is 1. The minimum absolute atomic E-state index is 0.359. The number of aliphatic carboxylic acids is 1. The van der Waals surface area contributed by atoms with Crippen LogP contribution in [0.5, 0.6) is 0 Å². The molecule has 28 heavy (non-hydrogen) atoms. The van der Waals surface area contributed by atoms with Gasteiger partial charge in [0.05, 0.1) is 6.04 Å². The van der Waals surface area contributed by atoms with Crippen molar-refractivity contribution >= 4 is 29.2 Å². The number of thioether (sulfide) groups is 1. The first kappa shape index (κ1) is 19.0. The van der Waals surface area contributed by atoms with Gasteiger partial charge in [0.1, 0.15) is 10.8 Å². The lowest BCUT2D eigenvalue weighted by atomic mass is 9.64. The number of benzene rings is 2. The number of carbonyl (C=O) groups is 2. The second-order valence-electron chi connectivity index (χ2n) is 7.55. The molecule has 7 N–H and O–H groups in total. The SMILES string of the molecule is CCc1ccc(C2(N)C(=O)C(N)C3c4c2ccc(N)c4SC3C(=O)O)c(C)c1. The summed E-state index contributed by atoms with van der Waals surface area (Å²) in [5, 5.41) is 8.83. The summed E-state index contributed by atoms with van der Waals surface area (Å²) in [6, 6.07) is 8.32. The van der Waals surface area contributed by atoms with Crippen LogP contribution in [0.25, 0.3) is 0 Å². The number of carboxylic acids is 1. The molecule has 0 radical (unpaired) electrons. The predicted octanol–water partition coefficient (Wildman–Crippen LogP) is 1.89. The van der Waals surface area contributed by atoms with E-state index >= 15 is 0 Å². The number of hydrogen-bond donors (Lipinski definition) is 4. The summed E-state index contributed by atoms with van der Waals surface area (Å²) in [7, 11) is 0. The minimum Gasteiger partial charge on any atom is -0.480 e. The predicted molar refractivity (Wildman–Crippen MR) is 109 cm³/mol. The molecular weight excluding hydrogens is 374 g/mol. The standard InChI is InChI=1S/C21H23N3O3S/c1-3-10-4-5-11(9(2)8-10)21(24)12-6-7-13(22)17-14(12)15(16(23)19(21)25)18(28-17)20(26)27/h4-8,15-16,18H,3,22-24H2,1-2H3,(H,26,27). The van der Waals surface area contributed by atoms with Gasteiger partial charge in [-0.1, -0.05) is 31.2 Å². The van der Waals surface area contributed by atoms with Gasteiger partial charge in [-0.05, 0) is 47.2 Å². The Kier molecular flexibility index (Phi) is 4.30. The molecule has 0 fully saturated rings. The molecule has 1 heterocycles. The first-order valence-electron chi connectivity index (χ1n) is 9.22. The number of rotatable bonds is 3. The molecule has 0 amide bonds. The Balaban J connectivity index is 2.01. The Labute approximate surface area is 167 Å². The Morgan fingerprint density at radius 1 is 1.25 bits per heavy atom. The number of aryl methyl sites for hydroxylation is 2. The summed E-state index contributed by atoms with van der Waals surface area (Å²) in [5.41, 5.74) is 22.4. The van der Waals surface area contributed by atoms with Crippen molar-refractivity contribution in [2.75, 3.05) is 5.73 Å². The van der Waals surface area contributed by atoms with Gasteiger partial charge in [0.15, 0.2) is 5.78 Å². The van der Waals surface area contributed by atoms with Gasteiger partial charge in [-0.15, -0.1) is 11.8 Å². The Hall–Kier alpha value is -2.35. The van der Waals surface area contributed by atoms with E-state index in [-0.39, 0.29) is 5.78 Å². The molecule has 146 valence electrons. The van der Waals surface area contributed by atoms with Gasteiger partial charge < -0.3 is 22.3 Å². The largest absolute Gasteiger partial charge is 0.480 e. The first-order valence-corrected chi connectivity index (χ1v) is 10.1. The first-order chi connectivity index (χ1) is 13.2. The maximum atomic E-state index is 13.5. The number of anilines is 1. The highest BCUT2D eigenvalue weighted by molar-refractivity contribution is 8.01. The van der Waals surface area contributed by atoms with Crippen molar-refractivity contribution in [2.45, 2.75) is 47.9 Å². The highest BCUT2D eigenvalue weighted by Crippen LogP contribution is 2.56. The van der Waals surface area contributed by atoms with E-state index in [2.05, 4.69) is 6.92 Å². The fourth-order valence-corrected chi connectivity index (χ4v) is 5.95. The third-order valence-electron chi connectivity index (χ3n) is 6.00. The second kappa shape index (κ2) is 6.34. The number of nitrogen functional groups attached to an aromatic ring is 1. The number of ketones is 1. The van der Waals surface area contributed by atoms with Gasteiger partial charge in [0.25, 0.3) is 0 Å². The average molecular weight is 398 g/mol. The van der Waals surface area contributed by atoms with E-state index in [9.17, 15) is 14.7 Å². The highest BCUT2D eigenvalue weighted by atomic mass is 32.2. The molecule has 6 nitrogen and oxygen atoms in total. The quantitative estimate of drug-likeness (QED) is 0.581. The van der Waals surface area contributed by atoms with Crippen LogP contribution in [-0.4, -0.2) is 28.2 Å². The van der Waals surface area contributed by atoms with E-state index in [4.69, 9.17) is 17.2 Å². The summed E-state index contributed by atoms with van der Waals surface area (Å²) in [4.78, 5) is 26.0. The maximum absolute atomic E-state index is 13.5. The molecule has 2 aromatic carbocycles. The van der Waals surface area contributed by atoms with Crippen LogP contribution >= 0.6 is 11.8 Å². The smallest absolute Gasteiger partial charge is 0.317 e. The van der Waals surface area contributed by atoms with Crippen molar-refractivity contribution < 1.29 is 14.7 Å². The van der Waals surface area contributed by atoms with Gasteiger partial charge >= 0.3 is 5.97 Å². The van der Waals surface area contributed by atoms with Crippen molar-refractivity contribution in [1.82, 2.24) is 0 Å². The minimum atomic E-state index is -1.43. The molecule has 2 aliphatic rings. The third-order valence-corrected chi connectivity index (χ3v) is 7.44. The molecule has 4 rings (SSSR count). The summed E-state index contributed by atoms with van der Waals surface area (Å²) in [5.74, 6) is -2.01. The highest BCUT2D eigenvalue weighted by Gasteiger charge is 2.57. The van der Waals surface area contributed by atoms with Crippen LogP contribution in [0.4, 0.5) is 5.69 Å². The van der Waals surface area contributed by atoms with Crippen LogP contribution in [0.15, 0.2) is 35.2 Å². The van der Waals surface area contributed by atoms with Crippen LogP contribution < -0.4 is 17.2 Å². The lowest BCUT2D eigenvalue weighted by Crippen LogP contribution is -2.60. The summed E-state index contributed by atoms with van der Waals surface area (Å²) in [6.45, 7) is 4.00. The van der Waals surface area contributed by atoms with Crippen molar-refractivity contribution in [2.24, 2.45) is 11.5 Å². The summed E-state index contributed by atoms with van der Waals surface area (Å²) in [6.07, 6.45) is 0.877. The Morgan fingerprint density at radius 3 is 2.54 bits per heavy atom. The van der Waals surface area contributed by atoms with E-state index in [1.165, 1.54) is 0 Å². The zero-order valence-electron chi connectivity index (χ0n) is 15.7. The Bertz CT molecular complexity index is 1020. The second-order valence-corrected chi connectivity index (χ2v) is 8.70. The summed E-state index contributed by atoms with van der Waals surface area (Å²) < 4.78 is 0. The van der Waals surface area contributed by atoms with Gasteiger partial charge in [-0.25, -0.2) is 0 Å². The monoisotopic (exact) mass is 397 g/mol. The lowest BCUT2D eigenvalue weighted by molar-refractivity contribution is -0.137. The zero-order chi connectivity index (χ0) is 20.4. The molecule has 7 heteroatoms. The normalized spacial score (nSPS) is 28.3. The molecule has 4 unspecified atom stereocenters. The van der Waals surface area contributed by atoms with E-state index in [1.807, 2.05) is 25.1 Å². The van der Waals surface area contributed by atoms with E-state index in [0.29, 0.717) is 27.3 Å². The average Bonchev–Trinajstić information content (AvgIpc) is 3.07. The summed E-state index contributed by atoms with van der Waals surface area (Å²) >= 11 is 1.16. The Morgan fingerprint density at radius 2 is 1.93 bits per heavy atom. The van der Waals surface area contributed by atoms with Crippen LogP contribution in [0, 0.1) is 6.92 Å². The molecule has 0 aromatic heterocycles. The molecule has 0 saturated heterocycles. The molecule has 1 aliphatic carbocycles. The maximum Gasteiger partial charge on any atom is 0.317 e. The van der Waals surface area contributed by atoms with E-state index in [1.54, 1.807) is 12.1 Å². The van der Waals surface area contributed by atoms with Crippen molar-refractivity contribution in [3.8, 4) is 0 Å². The van der Waals surface area contributed by atoms with Crippen molar-refractivity contribution in [1.29, 1.82) is 0 Å². The zero-order valence-corrected chi connectivity index (χ0v) is 16.5. The molecule has 1 aliphatic heterocycles. The van der Waals surface area contributed by atoms with Gasteiger partial charge in [0.2, 0.25) is 0 Å². The van der Waals surface area contributed by atoms with Gasteiger partial charge in [-0.3, -0.25) is 9.59 Å². The topological polar surface area (TPSA) is 132 Å². The molecule has 0 saturated carbocycles. The number of carboxylic acid groups (broad SMARTS) is 1. The van der Waals surface area contributed by atoms with Crippen LogP contribution in [0.2, 0.25) is 0 Å². The lowest BCUT2D eigenvalue weighted by Gasteiger charge is -2.41. The number of hydrogen-bond acceptors (Lipinski definition) is 6.